The van der Waals surface area contributed by atoms with Gasteiger partial charge in [0.15, 0.2) is 5.96 Å². The van der Waals surface area contributed by atoms with E-state index >= 15 is 0 Å². The van der Waals surface area contributed by atoms with Gasteiger partial charge in [0, 0.05) is 39.8 Å². The van der Waals surface area contributed by atoms with Crippen LogP contribution in [0.15, 0.2) is 47.5 Å². The Morgan fingerprint density at radius 2 is 1.62 bits per heavy atom. The molecule has 1 heterocycles. The summed E-state index contributed by atoms with van der Waals surface area (Å²) in [4.78, 5) is 6.83. The van der Waals surface area contributed by atoms with Gasteiger partial charge in [-0.1, -0.05) is 48.0 Å². The van der Waals surface area contributed by atoms with Crippen LogP contribution in [0.1, 0.15) is 27.8 Å². The van der Waals surface area contributed by atoms with Crippen LogP contribution in [0.4, 0.5) is 0 Å². The van der Waals surface area contributed by atoms with E-state index in [9.17, 15) is 0 Å². The molecular weight excluding hydrogens is 475 g/mol. The van der Waals surface area contributed by atoms with Crippen LogP contribution < -0.4 is 10.6 Å². The van der Waals surface area contributed by atoms with Gasteiger partial charge in [-0.05, 0) is 36.1 Å². The Balaban J connectivity index is 0.00000300. The van der Waals surface area contributed by atoms with Crippen molar-refractivity contribution in [1.82, 2.24) is 15.5 Å². The highest BCUT2D eigenvalue weighted by atomic mass is 127. The van der Waals surface area contributed by atoms with Crippen molar-refractivity contribution in [3.8, 4) is 0 Å². The number of nitrogens with one attached hydrogen (secondary N) is 2. The Bertz CT molecular complexity index is 803. The van der Waals surface area contributed by atoms with Crippen LogP contribution in [0.2, 0.25) is 0 Å². The molecule has 1 fully saturated rings. The minimum absolute atomic E-state index is 0. The van der Waals surface area contributed by atoms with Crippen molar-refractivity contribution < 1.29 is 4.74 Å². The quantitative estimate of drug-likeness (QED) is 0.356. The summed E-state index contributed by atoms with van der Waals surface area (Å²) in [5.41, 5.74) is 6.56. The molecule has 158 valence electrons. The summed E-state index contributed by atoms with van der Waals surface area (Å²) in [5, 5.41) is 6.89. The monoisotopic (exact) mass is 508 g/mol. The topological polar surface area (TPSA) is 48.9 Å². The average molecular weight is 508 g/mol. The second-order valence-corrected chi connectivity index (χ2v) is 7.37. The van der Waals surface area contributed by atoms with Gasteiger partial charge in [0.25, 0.3) is 0 Å². The Morgan fingerprint density at radius 1 is 0.966 bits per heavy atom. The molecule has 0 atom stereocenters. The summed E-state index contributed by atoms with van der Waals surface area (Å²) in [6, 6.07) is 15.2. The van der Waals surface area contributed by atoms with Crippen molar-refractivity contribution in [3.05, 3.63) is 70.3 Å². The molecule has 5 nitrogen and oxygen atoms in total. The van der Waals surface area contributed by atoms with Gasteiger partial charge in [-0.15, -0.1) is 24.0 Å². The van der Waals surface area contributed by atoms with Crippen molar-refractivity contribution in [2.75, 3.05) is 33.4 Å². The number of nitrogens with zero attached hydrogens (tertiary/aromatic N) is 2. The SMILES string of the molecule is CN=C(NCc1ccc(C)cc1C)NCc1ccccc1CN1CCOCC1.I. The van der Waals surface area contributed by atoms with E-state index in [2.05, 4.69) is 76.8 Å². The lowest BCUT2D eigenvalue weighted by molar-refractivity contribution is 0.0341. The summed E-state index contributed by atoms with van der Waals surface area (Å²) < 4.78 is 5.46. The minimum Gasteiger partial charge on any atom is -0.379 e. The van der Waals surface area contributed by atoms with E-state index in [0.29, 0.717) is 0 Å². The molecule has 0 unspecified atom stereocenters. The van der Waals surface area contributed by atoms with E-state index < -0.39 is 0 Å². The molecule has 0 saturated carbocycles. The summed E-state index contributed by atoms with van der Waals surface area (Å²) >= 11 is 0. The zero-order valence-electron chi connectivity index (χ0n) is 17.7. The lowest BCUT2D eigenvalue weighted by atomic mass is 10.1. The molecule has 1 saturated heterocycles. The van der Waals surface area contributed by atoms with Crippen LogP contribution >= 0.6 is 24.0 Å². The maximum absolute atomic E-state index is 5.46. The molecule has 2 aromatic rings. The van der Waals surface area contributed by atoms with Crippen molar-refractivity contribution >= 4 is 29.9 Å². The van der Waals surface area contributed by atoms with Crippen LogP contribution in [0.5, 0.6) is 0 Å². The lowest BCUT2D eigenvalue weighted by Gasteiger charge is -2.27. The van der Waals surface area contributed by atoms with E-state index in [1.165, 1.54) is 27.8 Å². The molecular formula is C23H33IN4O. The molecule has 2 N–H and O–H groups in total. The van der Waals surface area contributed by atoms with E-state index in [-0.39, 0.29) is 24.0 Å². The maximum Gasteiger partial charge on any atom is 0.191 e. The van der Waals surface area contributed by atoms with Crippen LogP contribution in [0, 0.1) is 13.8 Å². The van der Waals surface area contributed by atoms with Crippen molar-refractivity contribution in [2.24, 2.45) is 4.99 Å². The summed E-state index contributed by atoms with van der Waals surface area (Å²) in [7, 11) is 1.82. The first-order chi connectivity index (χ1) is 13.7. The van der Waals surface area contributed by atoms with E-state index in [1.807, 2.05) is 7.05 Å². The third kappa shape index (κ3) is 7.28. The Kier molecular flexibility index (Phi) is 9.90. The molecule has 1 aliphatic rings. The second kappa shape index (κ2) is 12.1. The van der Waals surface area contributed by atoms with Crippen molar-refractivity contribution in [3.63, 3.8) is 0 Å². The molecule has 0 spiro atoms. The van der Waals surface area contributed by atoms with Gasteiger partial charge < -0.3 is 15.4 Å². The molecule has 0 amide bonds. The Hall–Kier alpha value is -1.64. The normalized spacial score (nSPS) is 14.9. The molecule has 0 bridgehead atoms. The van der Waals surface area contributed by atoms with Crippen molar-refractivity contribution in [2.45, 2.75) is 33.5 Å². The molecule has 6 heteroatoms. The summed E-state index contributed by atoms with van der Waals surface area (Å²) in [5.74, 6) is 0.821. The largest absolute Gasteiger partial charge is 0.379 e. The first-order valence-corrected chi connectivity index (χ1v) is 10.0. The first kappa shape index (κ1) is 23.6. The number of ether oxygens (including phenoxy) is 1. The molecule has 2 aromatic carbocycles. The first-order valence-electron chi connectivity index (χ1n) is 10.0. The molecule has 1 aliphatic heterocycles. The van der Waals surface area contributed by atoms with Gasteiger partial charge in [0.05, 0.1) is 13.2 Å². The third-order valence-electron chi connectivity index (χ3n) is 5.23. The van der Waals surface area contributed by atoms with Crippen LogP contribution in [0.25, 0.3) is 0 Å². The summed E-state index contributed by atoms with van der Waals surface area (Å²) in [6.07, 6.45) is 0. The smallest absolute Gasteiger partial charge is 0.191 e. The molecule has 0 radical (unpaired) electrons. The van der Waals surface area contributed by atoms with Crippen LogP contribution in [0.3, 0.4) is 0 Å². The fourth-order valence-corrected chi connectivity index (χ4v) is 3.51. The van der Waals surface area contributed by atoms with Gasteiger partial charge in [-0.3, -0.25) is 9.89 Å². The highest BCUT2D eigenvalue weighted by Crippen LogP contribution is 2.13. The van der Waals surface area contributed by atoms with Gasteiger partial charge >= 0.3 is 0 Å². The Morgan fingerprint density at radius 3 is 2.28 bits per heavy atom. The minimum atomic E-state index is 0. The van der Waals surface area contributed by atoms with Gasteiger partial charge in [0.2, 0.25) is 0 Å². The van der Waals surface area contributed by atoms with E-state index in [4.69, 9.17) is 4.74 Å². The van der Waals surface area contributed by atoms with Gasteiger partial charge in [0.1, 0.15) is 0 Å². The van der Waals surface area contributed by atoms with E-state index in [0.717, 1.165) is 51.9 Å². The highest BCUT2D eigenvalue weighted by molar-refractivity contribution is 14.0. The number of halogens is 1. The fourth-order valence-electron chi connectivity index (χ4n) is 3.51. The zero-order valence-corrected chi connectivity index (χ0v) is 20.0. The number of aliphatic imine (C=N–C) groups is 1. The number of aryl methyl sites for hydroxylation is 2. The number of morpholine rings is 1. The molecule has 0 aliphatic carbocycles. The fraction of sp³-hybridized carbons (Fsp3) is 0.435. The molecule has 0 aromatic heterocycles. The number of hydrogen-bond acceptors (Lipinski definition) is 3. The van der Waals surface area contributed by atoms with Gasteiger partial charge in [-0.25, -0.2) is 0 Å². The summed E-state index contributed by atoms with van der Waals surface area (Å²) in [6.45, 7) is 10.4. The maximum atomic E-state index is 5.46. The van der Waals surface area contributed by atoms with Crippen LogP contribution in [-0.2, 0) is 24.4 Å². The van der Waals surface area contributed by atoms with Crippen molar-refractivity contribution in [1.29, 1.82) is 0 Å². The molecule has 29 heavy (non-hydrogen) atoms. The number of benzene rings is 2. The van der Waals surface area contributed by atoms with Gasteiger partial charge in [-0.2, -0.15) is 0 Å². The highest BCUT2D eigenvalue weighted by Gasteiger charge is 2.12. The van der Waals surface area contributed by atoms with Crippen LogP contribution in [-0.4, -0.2) is 44.2 Å². The third-order valence-corrected chi connectivity index (χ3v) is 5.23. The molecule has 3 rings (SSSR count). The average Bonchev–Trinajstić information content (AvgIpc) is 2.71. The number of hydrogen-bond donors (Lipinski definition) is 2. The predicted molar refractivity (Wildman–Crippen MR) is 131 cm³/mol. The zero-order chi connectivity index (χ0) is 19.8. The number of guanidine groups is 1. The Labute approximate surface area is 192 Å². The number of rotatable bonds is 6. The lowest BCUT2D eigenvalue weighted by Crippen LogP contribution is -2.37. The second-order valence-electron chi connectivity index (χ2n) is 7.37. The standard InChI is InChI=1S/C23H32N4O.HI/c1-18-8-9-20(19(2)14-18)15-25-23(24-3)26-16-21-6-4-5-7-22(21)17-27-10-12-28-13-11-27;/h4-9,14H,10-13,15-17H2,1-3H3,(H2,24,25,26);1H. The van der Waals surface area contributed by atoms with E-state index in [1.54, 1.807) is 0 Å². The predicted octanol–water partition coefficient (Wildman–Crippen LogP) is 3.62.